The molecule has 27 heavy (non-hydrogen) atoms. The van der Waals surface area contributed by atoms with Crippen molar-refractivity contribution < 1.29 is 22.7 Å². The van der Waals surface area contributed by atoms with E-state index in [9.17, 15) is 13.2 Å². The smallest absolute Gasteiger partial charge is 0.407 e. The summed E-state index contributed by atoms with van der Waals surface area (Å²) in [4.78, 5) is 12.0. The lowest BCUT2D eigenvalue weighted by Gasteiger charge is -2.15. The van der Waals surface area contributed by atoms with Crippen LogP contribution in [0.4, 0.5) is 4.79 Å². The van der Waals surface area contributed by atoms with Gasteiger partial charge in [0.05, 0.1) is 18.1 Å². The predicted molar refractivity (Wildman–Crippen MR) is 105 cm³/mol. The summed E-state index contributed by atoms with van der Waals surface area (Å²) < 4.78 is 36.7. The summed E-state index contributed by atoms with van der Waals surface area (Å²) in [6, 6.07) is 6.35. The van der Waals surface area contributed by atoms with Crippen molar-refractivity contribution in [3.8, 4) is 0 Å². The number of hydrogen-bond donors (Lipinski definition) is 2. The third-order valence-electron chi connectivity index (χ3n) is 4.26. The van der Waals surface area contributed by atoms with E-state index < -0.39 is 16.1 Å². The molecule has 0 heterocycles. The van der Waals surface area contributed by atoms with Gasteiger partial charge < -0.3 is 14.8 Å². The summed E-state index contributed by atoms with van der Waals surface area (Å²) in [6.45, 7) is 5.47. The number of benzene rings is 1. The Morgan fingerprint density at radius 2 is 1.89 bits per heavy atom. The number of methoxy groups -OCH3 is 1. The number of hydrogen-bond acceptors (Lipinski definition) is 5. The monoisotopic (exact) mass is 400 g/mol. The van der Waals surface area contributed by atoms with Crippen LogP contribution in [0.15, 0.2) is 29.2 Å². The maximum absolute atomic E-state index is 12.1. The molecule has 0 aliphatic rings. The van der Waals surface area contributed by atoms with Crippen LogP contribution in [0.5, 0.6) is 0 Å². The molecular formula is C19H32N2O5S. The van der Waals surface area contributed by atoms with E-state index in [-0.39, 0.29) is 18.0 Å². The van der Waals surface area contributed by atoms with Crippen LogP contribution in [0.2, 0.25) is 0 Å². The zero-order chi connectivity index (χ0) is 20.1. The van der Waals surface area contributed by atoms with Gasteiger partial charge in [0, 0.05) is 20.2 Å². The second-order valence-corrected chi connectivity index (χ2v) is 8.17. The van der Waals surface area contributed by atoms with Gasteiger partial charge in [-0.1, -0.05) is 45.2 Å². The van der Waals surface area contributed by atoms with Gasteiger partial charge >= 0.3 is 6.09 Å². The van der Waals surface area contributed by atoms with Crippen LogP contribution < -0.4 is 10.0 Å². The highest BCUT2D eigenvalue weighted by Crippen LogP contribution is 2.13. The first kappa shape index (κ1) is 23.4. The van der Waals surface area contributed by atoms with Crippen LogP contribution >= 0.6 is 0 Å². The molecule has 1 amide bonds. The summed E-state index contributed by atoms with van der Waals surface area (Å²) >= 11 is 0. The van der Waals surface area contributed by atoms with Gasteiger partial charge in [-0.25, -0.2) is 17.9 Å². The van der Waals surface area contributed by atoms with Gasteiger partial charge in [-0.15, -0.1) is 0 Å². The van der Waals surface area contributed by atoms with Gasteiger partial charge in [-0.2, -0.15) is 0 Å². The quantitative estimate of drug-likeness (QED) is 0.496. The summed E-state index contributed by atoms with van der Waals surface area (Å²) in [6.07, 6.45) is 3.87. The van der Waals surface area contributed by atoms with Crippen LogP contribution in [0.1, 0.15) is 45.1 Å². The number of amides is 1. The minimum atomic E-state index is -3.55. The fraction of sp³-hybridized carbons (Fsp3) is 0.632. The van der Waals surface area contributed by atoms with E-state index in [4.69, 9.17) is 9.47 Å². The largest absolute Gasteiger partial charge is 0.449 e. The summed E-state index contributed by atoms with van der Waals surface area (Å²) in [5.74, 6) is 0.394. The van der Waals surface area contributed by atoms with Crippen molar-refractivity contribution in [2.45, 2.75) is 51.0 Å². The zero-order valence-corrected chi connectivity index (χ0v) is 17.3. The van der Waals surface area contributed by atoms with Gasteiger partial charge in [-0.05, 0) is 30.0 Å². The number of carbonyl (C=O) groups excluding carboxylic acids is 1. The number of alkyl carbamates (subject to hydrolysis) is 1. The number of carbonyl (C=O) groups is 1. The topological polar surface area (TPSA) is 93.7 Å². The van der Waals surface area contributed by atoms with Crippen LogP contribution in [0, 0.1) is 5.92 Å². The van der Waals surface area contributed by atoms with Crippen molar-refractivity contribution in [3.63, 3.8) is 0 Å². The Hall–Kier alpha value is -1.64. The van der Waals surface area contributed by atoms with E-state index in [0.29, 0.717) is 19.1 Å². The van der Waals surface area contributed by atoms with Crippen LogP contribution in [0.3, 0.4) is 0 Å². The minimum absolute atomic E-state index is 0.173. The number of ether oxygens (including phenoxy) is 2. The van der Waals surface area contributed by atoms with Gasteiger partial charge in [0.2, 0.25) is 10.0 Å². The molecule has 0 aliphatic carbocycles. The lowest BCUT2D eigenvalue weighted by molar-refractivity contribution is 0.122. The van der Waals surface area contributed by atoms with Crippen LogP contribution in [-0.2, 0) is 26.0 Å². The molecule has 2 N–H and O–H groups in total. The minimum Gasteiger partial charge on any atom is -0.449 e. The molecule has 154 valence electrons. The average Bonchev–Trinajstić information content (AvgIpc) is 2.67. The molecule has 0 aromatic heterocycles. The lowest BCUT2D eigenvalue weighted by Crippen LogP contribution is -2.27. The molecule has 0 spiro atoms. The molecule has 0 aliphatic heterocycles. The SMILES string of the molecule is CCCCC(CC)COC(=O)NCc1ccc(S(=O)(=O)NCCOC)cc1. The van der Waals surface area contributed by atoms with Crippen LogP contribution in [0.25, 0.3) is 0 Å². The van der Waals surface area contributed by atoms with Gasteiger partial charge in [0.1, 0.15) is 0 Å². The van der Waals surface area contributed by atoms with Crippen molar-refractivity contribution in [1.82, 2.24) is 10.0 Å². The summed E-state index contributed by atoms with van der Waals surface area (Å²) in [5.41, 5.74) is 0.792. The van der Waals surface area contributed by atoms with Gasteiger partial charge in [0.15, 0.2) is 0 Å². The third kappa shape index (κ3) is 9.21. The molecule has 1 rings (SSSR count). The van der Waals surface area contributed by atoms with Crippen molar-refractivity contribution in [2.24, 2.45) is 5.92 Å². The maximum Gasteiger partial charge on any atom is 0.407 e. The molecule has 7 nitrogen and oxygen atoms in total. The Morgan fingerprint density at radius 3 is 2.48 bits per heavy atom. The lowest BCUT2D eigenvalue weighted by atomic mass is 10.0. The third-order valence-corrected chi connectivity index (χ3v) is 5.74. The van der Waals surface area contributed by atoms with Crippen molar-refractivity contribution in [2.75, 3.05) is 26.9 Å². The standard InChI is InChI=1S/C19H32N2O5S/c1-4-6-7-16(5-2)15-26-19(22)20-14-17-8-10-18(11-9-17)27(23,24)21-12-13-25-3/h8-11,16,21H,4-7,12-15H2,1-3H3,(H,20,22). The fourth-order valence-electron chi connectivity index (χ4n) is 2.46. The second kappa shape index (κ2) is 12.7. The molecule has 0 bridgehead atoms. The number of rotatable bonds is 13. The second-order valence-electron chi connectivity index (χ2n) is 6.40. The highest BCUT2D eigenvalue weighted by Gasteiger charge is 2.13. The molecular weight excluding hydrogens is 368 g/mol. The van der Waals surface area contributed by atoms with E-state index in [2.05, 4.69) is 23.9 Å². The Bertz CT molecular complexity index is 647. The van der Waals surface area contributed by atoms with E-state index in [1.165, 1.54) is 19.2 Å². The first-order valence-corrected chi connectivity index (χ1v) is 10.9. The Morgan fingerprint density at radius 1 is 1.19 bits per heavy atom. The Labute approximate surface area is 162 Å². The summed E-state index contributed by atoms with van der Waals surface area (Å²) in [7, 11) is -2.04. The molecule has 1 atom stereocenters. The Balaban J connectivity index is 2.43. The van der Waals surface area contributed by atoms with Crippen LogP contribution in [-0.4, -0.2) is 41.4 Å². The maximum atomic E-state index is 12.1. The first-order chi connectivity index (χ1) is 12.9. The van der Waals surface area contributed by atoms with Gasteiger partial charge in [0.25, 0.3) is 0 Å². The normalized spacial score (nSPS) is 12.6. The molecule has 1 aromatic carbocycles. The molecule has 0 saturated carbocycles. The number of nitrogens with one attached hydrogen (secondary N) is 2. The first-order valence-electron chi connectivity index (χ1n) is 9.41. The molecule has 0 fully saturated rings. The van der Waals surface area contributed by atoms with Crippen molar-refractivity contribution in [3.05, 3.63) is 29.8 Å². The highest BCUT2D eigenvalue weighted by atomic mass is 32.2. The molecule has 0 saturated heterocycles. The Kier molecular flexibility index (Phi) is 11.0. The number of sulfonamides is 1. The highest BCUT2D eigenvalue weighted by molar-refractivity contribution is 7.89. The van der Waals surface area contributed by atoms with Crippen molar-refractivity contribution in [1.29, 1.82) is 0 Å². The van der Waals surface area contributed by atoms with E-state index in [1.807, 2.05) is 0 Å². The predicted octanol–water partition coefficient (Wildman–Crippen LogP) is 3.05. The zero-order valence-electron chi connectivity index (χ0n) is 16.5. The average molecular weight is 401 g/mol. The molecule has 1 aromatic rings. The van der Waals surface area contributed by atoms with Crippen molar-refractivity contribution >= 4 is 16.1 Å². The molecule has 1 unspecified atom stereocenters. The molecule has 0 radical (unpaired) electrons. The summed E-state index contributed by atoms with van der Waals surface area (Å²) in [5, 5.41) is 2.69. The fourth-order valence-corrected chi connectivity index (χ4v) is 3.48. The van der Waals surface area contributed by atoms with E-state index in [0.717, 1.165) is 31.2 Å². The van der Waals surface area contributed by atoms with E-state index in [1.54, 1.807) is 12.1 Å². The number of unbranched alkanes of at least 4 members (excludes halogenated alkanes) is 1. The molecule has 8 heteroatoms. The van der Waals surface area contributed by atoms with E-state index >= 15 is 0 Å². The van der Waals surface area contributed by atoms with Gasteiger partial charge in [-0.3, -0.25) is 0 Å².